The second kappa shape index (κ2) is 5.72. The van der Waals surface area contributed by atoms with E-state index < -0.39 is 4.51 Å². The zero-order valence-corrected chi connectivity index (χ0v) is 12.2. The number of carbonyl (C=O) groups excluding carboxylic acids is 1. The van der Waals surface area contributed by atoms with Gasteiger partial charge in [-0.2, -0.15) is 0 Å². The number of carbonyl (C=O) groups is 1. The Morgan fingerprint density at radius 2 is 2.11 bits per heavy atom. The summed E-state index contributed by atoms with van der Waals surface area (Å²) in [4.78, 5) is 12.1. The molecule has 1 aliphatic rings. The number of hydrogen-bond donors (Lipinski definition) is 1. The number of ether oxygens (including phenoxy) is 1. The monoisotopic (exact) mass is 322 g/mol. The summed E-state index contributed by atoms with van der Waals surface area (Å²) in [7, 11) is 0. The highest BCUT2D eigenvalue weighted by Gasteiger charge is 2.33. The largest absolute Gasteiger partial charge is 0.507 e. The zero-order valence-electron chi connectivity index (χ0n) is 10.6. The number of benzene rings is 1. The van der Waals surface area contributed by atoms with Crippen LogP contribution in [0.15, 0.2) is 48.1 Å². The SMILES string of the molecule is CCOC1(Br)C=CC(=C(O)c2ccccc2)C(=O)C1. The van der Waals surface area contributed by atoms with Crippen LogP contribution in [0.5, 0.6) is 0 Å². The molecule has 0 saturated carbocycles. The third kappa shape index (κ3) is 3.14. The second-order valence-corrected chi connectivity index (χ2v) is 5.62. The lowest BCUT2D eigenvalue weighted by atomic mass is 9.95. The van der Waals surface area contributed by atoms with Gasteiger partial charge >= 0.3 is 0 Å². The maximum atomic E-state index is 12.1. The summed E-state index contributed by atoms with van der Waals surface area (Å²) >= 11 is 3.40. The lowest BCUT2D eigenvalue weighted by Gasteiger charge is -2.27. The Labute approximate surface area is 120 Å². The highest BCUT2D eigenvalue weighted by molar-refractivity contribution is 9.10. The predicted octanol–water partition coefficient (Wildman–Crippen LogP) is 3.61. The third-order valence-electron chi connectivity index (χ3n) is 2.89. The van der Waals surface area contributed by atoms with Crippen LogP contribution in [-0.4, -0.2) is 22.0 Å². The molecule has 1 aromatic carbocycles. The molecule has 19 heavy (non-hydrogen) atoms. The molecule has 3 nitrogen and oxygen atoms in total. The van der Waals surface area contributed by atoms with Gasteiger partial charge < -0.3 is 9.84 Å². The molecule has 2 rings (SSSR count). The number of aliphatic hydroxyl groups excluding tert-OH is 1. The molecule has 0 aromatic heterocycles. The van der Waals surface area contributed by atoms with Gasteiger partial charge in [-0.05, 0) is 35.0 Å². The second-order valence-electron chi connectivity index (χ2n) is 4.28. The zero-order chi connectivity index (χ0) is 13.9. The van der Waals surface area contributed by atoms with Crippen molar-refractivity contribution in [1.29, 1.82) is 0 Å². The number of alkyl halides is 1. The first-order valence-electron chi connectivity index (χ1n) is 6.10. The van der Waals surface area contributed by atoms with Crippen LogP contribution in [0.3, 0.4) is 0 Å². The molecule has 1 unspecified atom stereocenters. The number of aliphatic hydroxyl groups is 1. The maximum absolute atomic E-state index is 12.1. The summed E-state index contributed by atoms with van der Waals surface area (Å²) in [6, 6.07) is 9.03. The van der Waals surface area contributed by atoms with E-state index in [1.165, 1.54) is 0 Å². The number of Topliss-reactive ketones (excluding diaryl/α,β-unsaturated/α-hetero) is 1. The molecule has 0 fully saturated rings. The molecular formula is C15H15BrO3. The van der Waals surface area contributed by atoms with Crippen molar-refractivity contribution < 1.29 is 14.6 Å². The van der Waals surface area contributed by atoms with Crippen LogP contribution in [0, 0.1) is 0 Å². The molecular weight excluding hydrogens is 308 g/mol. The van der Waals surface area contributed by atoms with Crippen molar-refractivity contribution in [1.82, 2.24) is 0 Å². The highest BCUT2D eigenvalue weighted by Crippen LogP contribution is 2.34. The third-order valence-corrected chi connectivity index (χ3v) is 3.66. The molecule has 100 valence electrons. The summed E-state index contributed by atoms with van der Waals surface area (Å²) in [5.74, 6) is -0.137. The van der Waals surface area contributed by atoms with Crippen LogP contribution < -0.4 is 0 Å². The summed E-state index contributed by atoms with van der Waals surface area (Å²) in [6.07, 6.45) is 3.54. The fourth-order valence-corrected chi connectivity index (χ4v) is 2.59. The van der Waals surface area contributed by atoms with Gasteiger partial charge in [-0.1, -0.05) is 30.3 Å². The molecule has 4 heteroatoms. The van der Waals surface area contributed by atoms with E-state index in [1.807, 2.05) is 25.1 Å². The quantitative estimate of drug-likeness (QED) is 0.525. The van der Waals surface area contributed by atoms with E-state index in [0.717, 1.165) is 0 Å². The fourth-order valence-electron chi connectivity index (χ4n) is 1.98. The average Bonchev–Trinajstić information content (AvgIpc) is 2.39. The molecule has 0 heterocycles. The average molecular weight is 323 g/mol. The molecule has 1 aromatic rings. The van der Waals surface area contributed by atoms with E-state index in [0.29, 0.717) is 17.7 Å². The molecule has 1 atom stereocenters. The number of hydrogen-bond acceptors (Lipinski definition) is 3. The van der Waals surface area contributed by atoms with Gasteiger partial charge in [0.2, 0.25) is 0 Å². The van der Waals surface area contributed by atoms with Crippen molar-refractivity contribution in [2.24, 2.45) is 0 Å². The van der Waals surface area contributed by atoms with Crippen molar-refractivity contribution in [3.63, 3.8) is 0 Å². The Bertz CT molecular complexity index is 534. The van der Waals surface area contributed by atoms with E-state index in [9.17, 15) is 9.90 Å². The van der Waals surface area contributed by atoms with Gasteiger partial charge in [0, 0.05) is 12.2 Å². The Kier molecular flexibility index (Phi) is 4.22. The minimum absolute atomic E-state index is 0.00731. The van der Waals surface area contributed by atoms with E-state index >= 15 is 0 Å². The minimum atomic E-state index is -0.751. The number of halogens is 1. The van der Waals surface area contributed by atoms with Crippen LogP contribution in [0.25, 0.3) is 5.76 Å². The Morgan fingerprint density at radius 3 is 2.68 bits per heavy atom. The predicted molar refractivity (Wildman–Crippen MR) is 78.0 cm³/mol. The summed E-state index contributed by atoms with van der Waals surface area (Å²) in [5, 5.41) is 10.2. The van der Waals surface area contributed by atoms with E-state index in [2.05, 4.69) is 15.9 Å². The smallest absolute Gasteiger partial charge is 0.170 e. The topological polar surface area (TPSA) is 46.5 Å². The highest BCUT2D eigenvalue weighted by atomic mass is 79.9. The van der Waals surface area contributed by atoms with Gasteiger partial charge in [-0.25, -0.2) is 0 Å². The van der Waals surface area contributed by atoms with Gasteiger partial charge in [-0.15, -0.1) is 0 Å². The van der Waals surface area contributed by atoms with Crippen LogP contribution >= 0.6 is 15.9 Å². The molecule has 0 radical (unpaired) electrons. The van der Waals surface area contributed by atoms with Crippen LogP contribution in [0.2, 0.25) is 0 Å². The maximum Gasteiger partial charge on any atom is 0.170 e. The normalized spacial score (nSPS) is 25.5. The van der Waals surface area contributed by atoms with Crippen LogP contribution in [-0.2, 0) is 9.53 Å². The summed E-state index contributed by atoms with van der Waals surface area (Å²) < 4.78 is 4.73. The molecule has 0 amide bonds. The van der Waals surface area contributed by atoms with Crippen molar-refractivity contribution in [3.8, 4) is 0 Å². The fraction of sp³-hybridized carbons (Fsp3) is 0.267. The Balaban J connectivity index is 2.35. The Hall–Kier alpha value is -1.39. The molecule has 0 spiro atoms. The minimum Gasteiger partial charge on any atom is -0.507 e. The first-order chi connectivity index (χ1) is 9.06. The first-order valence-corrected chi connectivity index (χ1v) is 6.89. The standard InChI is InChI=1S/C15H15BrO3/c1-2-19-15(16)9-8-12(13(17)10-15)14(18)11-6-4-3-5-7-11/h3-9,18H,2,10H2,1H3. The van der Waals surface area contributed by atoms with Gasteiger partial charge in [0.15, 0.2) is 5.78 Å². The molecule has 1 aliphatic carbocycles. The number of ketones is 1. The van der Waals surface area contributed by atoms with Gasteiger partial charge in [0.05, 0.1) is 12.0 Å². The molecule has 0 saturated heterocycles. The molecule has 1 N–H and O–H groups in total. The van der Waals surface area contributed by atoms with Crippen molar-refractivity contribution >= 4 is 27.5 Å². The van der Waals surface area contributed by atoms with Crippen molar-refractivity contribution in [2.75, 3.05) is 6.61 Å². The summed E-state index contributed by atoms with van der Waals surface area (Å²) in [6.45, 7) is 2.38. The lowest BCUT2D eigenvalue weighted by Crippen LogP contribution is -2.30. The van der Waals surface area contributed by atoms with E-state index in [-0.39, 0.29) is 18.0 Å². The Morgan fingerprint density at radius 1 is 1.42 bits per heavy atom. The van der Waals surface area contributed by atoms with Gasteiger partial charge in [0.1, 0.15) is 10.3 Å². The van der Waals surface area contributed by atoms with Gasteiger partial charge in [-0.3, -0.25) is 4.79 Å². The lowest BCUT2D eigenvalue weighted by molar-refractivity contribution is -0.118. The van der Waals surface area contributed by atoms with Gasteiger partial charge in [0.25, 0.3) is 0 Å². The van der Waals surface area contributed by atoms with Crippen LogP contribution in [0.1, 0.15) is 18.9 Å². The van der Waals surface area contributed by atoms with E-state index in [1.54, 1.807) is 24.3 Å². The number of allylic oxidation sites excluding steroid dienone is 2. The van der Waals surface area contributed by atoms with Crippen molar-refractivity contribution in [3.05, 3.63) is 53.6 Å². The van der Waals surface area contributed by atoms with Crippen molar-refractivity contribution in [2.45, 2.75) is 17.9 Å². The van der Waals surface area contributed by atoms with Crippen LogP contribution in [0.4, 0.5) is 0 Å². The molecule has 0 aliphatic heterocycles. The summed E-state index contributed by atoms with van der Waals surface area (Å²) in [5.41, 5.74) is 0.954. The number of rotatable bonds is 3. The van der Waals surface area contributed by atoms with E-state index in [4.69, 9.17) is 4.74 Å². The molecule has 0 bridgehead atoms. The first kappa shape index (κ1) is 14.0.